The summed E-state index contributed by atoms with van der Waals surface area (Å²) in [5, 5.41) is 9.56. The Bertz CT molecular complexity index is 922. The highest BCUT2D eigenvalue weighted by atomic mass is 32.1. The molecular weight excluding hydrogens is 378 g/mol. The second-order valence-corrected chi connectivity index (χ2v) is 8.03. The lowest BCUT2D eigenvalue weighted by molar-refractivity contribution is -0.125. The van der Waals surface area contributed by atoms with Crippen molar-refractivity contribution < 1.29 is 9.59 Å². The smallest absolute Gasteiger partial charge is 0.255 e. The number of thiazole rings is 1. The molecule has 1 aromatic carbocycles. The number of benzene rings is 1. The number of nitrogens with zero attached hydrogens (tertiary/aromatic N) is 2. The van der Waals surface area contributed by atoms with Gasteiger partial charge in [0, 0.05) is 22.9 Å². The maximum atomic E-state index is 12.7. The first-order valence-corrected chi connectivity index (χ1v) is 10.7. The summed E-state index contributed by atoms with van der Waals surface area (Å²) in [5.74, 6) is -0.167. The highest BCUT2D eigenvalue weighted by Gasteiger charge is 2.34. The maximum absolute atomic E-state index is 12.7. The fourth-order valence-corrected chi connectivity index (χ4v) is 4.69. The minimum Gasteiger partial charge on any atom is -0.349 e. The molecule has 138 valence electrons. The molecular formula is C20H19N3O2S2. The van der Waals surface area contributed by atoms with E-state index < -0.39 is 6.04 Å². The van der Waals surface area contributed by atoms with Crippen molar-refractivity contribution in [3.63, 3.8) is 0 Å². The van der Waals surface area contributed by atoms with Gasteiger partial charge in [0.1, 0.15) is 11.0 Å². The van der Waals surface area contributed by atoms with E-state index in [0.29, 0.717) is 25.1 Å². The molecule has 0 saturated carbocycles. The van der Waals surface area contributed by atoms with Crippen molar-refractivity contribution >= 4 is 34.5 Å². The molecule has 2 amide bonds. The first kappa shape index (κ1) is 17.9. The number of aromatic nitrogens is 1. The molecule has 1 fully saturated rings. The predicted molar refractivity (Wildman–Crippen MR) is 108 cm³/mol. The fraction of sp³-hybridized carbons (Fsp3) is 0.250. The number of hydrogen-bond acceptors (Lipinski definition) is 5. The van der Waals surface area contributed by atoms with Crippen molar-refractivity contribution in [1.29, 1.82) is 0 Å². The molecule has 0 aliphatic carbocycles. The van der Waals surface area contributed by atoms with E-state index in [1.807, 2.05) is 46.5 Å². The van der Waals surface area contributed by atoms with Gasteiger partial charge < -0.3 is 10.2 Å². The number of hydrogen-bond donors (Lipinski definition) is 1. The standard InChI is InChI=1S/C20H19N3O2S2/c24-18(17-7-4-9-23(17)20(25)15-8-10-26-12-15)21-11-16-13-27-19(22-16)14-5-2-1-3-6-14/h1-3,5-6,8,10,12-13,17H,4,7,9,11H2,(H,21,24). The number of nitrogens with one attached hydrogen (secondary N) is 1. The number of carbonyl (C=O) groups is 2. The zero-order valence-electron chi connectivity index (χ0n) is 14.6. The highest BCUT2D eigenvalue weighted by Crippen LogP contribution is 2.24. The Kier molecular flexibility index (Phi) is 5.31. The van der Waals surface area contributed by atoms with Gasteiger partial charge in [-0.05, 0) is 24.3 Å². The first-order valence-electron chi connectivity index (χ1n) is 8.83. The van der Waals surface area contributed by atoms with Crippen molar-refractivity contribution in [2.75, 3.05) is 6.54 Å². The molecule has 1 aliphatic heterocycles. The summed E-state index contributed by atoms with van der Waals surface area (Å²) >= 11 is 3.05. The molecule has 3 heterocycles. The normalized spacial score (nSPS) is 16.4. The number of thiophene rings is 1. The summed E-state index contributed by atoms with van der Waals surface area (Å²) in [6.07, 6.45) is 1.55. The van der Waals surface area contributed by atoms with E-state index in [2.05, 4.69) is 10.3 Å². The lowest BCUT2D eigenvalue weighted by Crippen LogP contribution is -2.45. The molecule has 2 aromatic heterocycles. The largest absolute Gasteiger partial charge is 0.349 e. The van der Waals surface area contributed by atoms with Gasteiger partial charge >= 0.3 is 0 Å². The number of amides is 2. The van der Waals surface area contributed by atoms with Crippen LogP contribution in [0.1, 0.15) is 28.9 Å². The van der Waals surface area contributed by atoms with Crippen LogP contribution in [0.5, 0.6) is 0 Å². The third kappa shape index (κ3) is 3.94. The summed E-state index contributed by atoms with van der Waals surface area (Å²) < 4.78 is 0. The van der Waals surface area contributed by atoms with E-state index in [1.165, 1.54) is 11.3 Å². The highest BCUT2D eigenvalue weighted by molar-refractivity contribution is 7.13. The van der Waals surface area contributed by atoms with Crippen LogP contribution in [-0.2, 0) is 11.3 Å². The molecule has 1 atom stereocenters. The van der Waals surface area contributed by atoms with Gasteiger partial charge in [-0.2, -0.15) is 11.3 Å². The Morgan fingerprint density at radius 3 is 2.81 bits per heavy atom. The van der Waals surface area contributed by atoms with Crippen LogP contribution in [0.15, 0.2) is 52.5 Å². The molecule has 5 nitrogen and oxygen atoms in total. The van der Waals surface area contributed by atoms with Gasteiger partial charge in [0.2, 0.25) is 5.91 Å². The maximum Gasteiger partial charge on any atom is 0.255 e. The molecule has 0 spiro atoms. The second-order valence-electron chi connectivity index (χ2n) is 6.40. The van der Waals surface area contributed by atoms with E-state index in [-0.39, 0.29) is 11.8 Å². The van der Waals surface area contributed by atoms with Gasteiger partial charge in [0.05, 0.1) is 17.8 Å². The van der Waals surface area contributed by atoms with E-state index in [0.717, 1.165) is 22.7 Å². The van der Waals surface area contributed by atoms with Gasteiger partial charge in [-0.3, -0.25) is 9.59 Å². The lowest BCUT2D eigenvalue weighted by Gasteiger charge is -2.23. The van der Waals surface area contributed by atoms with Crippen LogP contribution in [0.2, 0.25) is 0 Å². The van der Waals surface area contributed by atoms with Crippen LogP contribution in [-0.4, -0.2) is 34.3 Å². The third-order valence-corrected chi connectivity index (χ3v) is 6.22. The topological polar surface area (TPSA) is 62.3 Å². The van der Waals surface area contributed by atoms with Gasteiger partial charge in [0.15, 0.2) is 0 Å². The monoisotopic (exact) mass is 397 g/mol. The van der Waals surface area contributed by atoms with Crippen molar-refractivity contribution in [2.45, 2.75) is 25.4 Å². The molecule has 1 N–H and O–H groups in total. The van der Waals surface area contributed by atoms with Gasteiger partial charge in [-0.1, -0.05) is 30.3 Å². The molecule has 1 unspecified atom stereocenters. The Morgan fingerprint density at radius 1 is 1.19 bits per heavy atom. The summed E-state index contributed by atoms with van der Waals surface area (Å²) in [5.41, 5.74) is 2.57. The van der Waals surface area contributed by atoms with E-state index in [1.54, 1.807) is 22.3 Å². The zero-order valence-corrected chi connectivity index (χ0v) is 16.3. The van der Waals surface area contributed by atoms with Crippen LogP contribution in [0, 0.1) is 0 Å². The quantitative estimate of drug-likeness (QED) is 0.712. The summed E-state index contributed by atoms with van der Waals surface area (Å²) in [6, 6.07) is 11.4. The Morgan fingerprint density at radius 2 is 2.04 bits per heavy atom. The molecule has 0 radical (unpaired) electrons. The molecule has 4 rings (SSSR count). The minimum atomic E-state index is -0.398. The first-order chi connectivity index (χ1) is 13.2. The van der Waals surface area contributed by atoms with Crippen molar-refractivity contribution in [3.05, 3.63) is 63.8 Å². The average Bonchev–Trinajstić information content (AvgIpc) is 3.47. The average molecular weight is 398 g/mol. The molecule has 27 heavy (non-hydrogen) atoms. The van der Waals surface area contributed by atoms with Crippen molar-refractivity contribution in [2.24, 2.45) is 0 Å². The SMILES string of the molecule is O=C(NCc1csc(-c2ccccc2)n1)C1CCCN1C(=O)c1ccsc1. The van der Waals surface area contributed by atoms with Crippen molar-refractivity contribution in [1.82, 2.24) is 15.2 Å². The van der Waals surface area contributed by atoms with Crippen LogP contribution in [0.4, 0.5) is 0 Å². The van der Waals surface area contributed by atoms with E-state index >= 15 is 0 Å². The fourth-order valence-electron chi connectivity index (χ4n) is 3.23. The molecule has 0 bridgehead atoms. The number of carbonyl (C=O) groups excluding carboxylic acids is 2. The number of rotatable bonds is 5. The van der Waals surface area contributed by atoms with E-state index in [9.17, 15) is 9.59 Å². The minimum absolute atomic E-state index is 0.0612. The predicted octanol–water partition coefficient (Wildman–Crippen LogP) is 3.79. The Labute approximate surface area is 165 Å². The Balaban J connectivity index is 1.38. The van der Waals surface area contributed by atoms with Crippen LogP contribution < -0.4 is 5.32 Å². The van der Waals surface area contributed by atoms with Crippen LogP contribution in [0.25, 0.3) is 10.6 Å². The van der Waals surface area contributed by atoms with E-state index in [4.69, 9.17) is 0 Å². The van der Waals surface area contributed by atoms with Gasteiger partial charge in [0.25, 0.3) is 5.91 Å². The summed E-state index contributed by atoms with van der Waals surface area (Å²) in [4.78, 5) is 31.5. The molecule has 1 aliphatic rings. The number of likely N-dealkylation sites (tertiary alicyclic amines) is 1. The second kappa shape index (κ2) is 8.02. The summed E-state index contributed by atoms with van der Waals surface area (Å²) in [7, 11) is 0. The van der Waals surface area contributed by atoms with Crippen molar-refractivity contribution in [3.8, 4) is 10.6 Å². The lowest BCUT2D eigenvalue weighted by atomic mass is 10.2. The molecule has 1 saturated heterocycles. The van der Waals surface area contributed by atoms with Crippen LogP contribution >= 0.6 is 22.7 Å². The summed E-state index contributed by atoms with van der Waals surface area (Å²) in [6.45, 7) is 1.00. The van der Waals surface area contributed by atoms with Gasteiger partial charge in [-0.25, -0.2) is 4.98 Å². The molecule has 3 aromatic rings. The van der Waals surface area contributed by atoms with Crippen LogP contribution in [0.3, 0.4) is 0 Å². The third-order valence-electron chi connectivity index (χ3n) is 4.60. The Hall–Kier alpha value is -2.51. The zero-order chi connectivity index (χ0) is 18.6. The van der Waals surface area contributed by atoms with Gasteiger partial charge in [-0.15, -0.1) is 11.3 Å². The molecule has 7 heteroatoms.